The average molecular weight is 195 g/mol. The summed E-state index contributed by atoms with van der Waals surface area (Å²) in [6, 6.07) is 0.485. The Bertz CT molecular complexity index is 272. The summed E-state index contributed by atoms with van der Waals surface area (Å²) in [5.41, 5.74) is 7.05. The number of hydrogen-bond acceptors (Lipinski definition) is 2. The number of aryl methyl sites for hydroxylation is 1. The van der Waals surface area contributed by atoms with Crippen LogP contribution in [0.3, 0.4) is 0 Å². The summed E-state index contributed by atoms with van der Waals surface area (Å²) in [5.74, 6) is 0.830. The van der Waals surface area contributed by atoms with E-state index in [1.807, 2.05) is 17.8 Å². The smallest absolute Gasteiger partial charge is 0.124 e. The Morgan fingerprint density at radius 1 is 1.36 bits per heavy atom. The number of aromatic nitrogens is 2. The Hall–Kier alpha value is -0.990. The second-order valence-electron chi connectivity index (χ2n) is 3.89. The summed E-state index contributed by atoms with van der Waals surface area (Å²) < 4.78 is 1.99. The van der Waals surface area contributed by atoms with E-state index in [4.69, 9.17) is 5.73 Å². The quantitative estimate of drug-likeness (QED) is 0.785. The van der Waals surface area contributed by atoms with Crippen LogP contribution in [0.4, 0.5) is 5.82 Å². The number of nitrogens with zero attached hydrogens (tertiary/aromatic N) is 2. The van der Waals surface area contributed by atoms with Gasteiger partial charge in [0, 0.05) is 5.56 Å². The first-order valence-corrected chi connectivity index (χ1v) is 5.50. The van der Waals surface area contributed by atoms with E-state index in [2.05, 4.69) is 18.9 Å². The summed E-state index contributed by atoms with van der Waals surface area (Å²) in [6.07, 6.45) is 6.55. The molecule has 0 spiro atoms. The van der Waals surface area contributed by atoms with Crippen LogP contribution < -0.4 is 5.73 Å². The first-order valence-electron chi connectivity index (χ1n) is 5.50. The lowest BCUT2D eigenvalue weighted by Gasteiger charge is -2.17. The van der Waals surface area contributed by atoms with Crippen LogP contribution in [-0.2, 0) is 0 Å². The molecule has 1 aromatic heterocycles. The molecular formula is C11H21N3. The van der Waals surface area contributed by atoms with Crippen molar-refractivity contribution in [3.05, 3.63) is 11.8 Å². The highest BCUT2D eigenvalue weighted by atomic mass is 15.3. The van der Waals surface area contributed by atoms with Crippen molar-refractivity contribution in [3.8, 4) is 0 Å². The molecule has 3 heteroatoms. The van der Waals surface area contributed by atoms with Gasteiger partial charge in [0.05, 0.1) is 12.2 Å². The van der Waals surface area contributed by atoms with E-state index in [0.717, 1.165) is 11.4 Å². The molecule has 0 amide bonds. The second kappa shape index (κ2) is 5.03. The zero-order valence-corrected chi connectivity index (χ0v) is 9.45. The van der Waals surface area contributed by atoms with Crippen LogP contribution in [0, 0.1) is 6.92 Å². The Morgan fingerprint density at radius 2 is 1.93 bits per heavy atom. The molecule has 0 aromatic carbocycles. The van der Waals surface area contributed by atoms with Crippen molar-refractivity contribution in [2.24, 2.45) is 0 Å². The van der Waals surface area contributed by atoms with Gasteiger partial charge in [-0.2, -0.15) is 5.10 Å². The molecule has 0 unspecified atom stereocenters. The van der Waals surface area contributed by atoms with Crippen molar-refractivity contribution in [1.82, 2.24) is 9.78 Å². The second-order valence-corrected chi connectivity index (χ2v) is 3.89. The minimum Gasteiger partial charge on any atom is -0.384 e. The fourth-order valence-electron chi connectivity index (χ4n) is 1.80. The Kier molecular flexibility index (Phi) is 3.98. The van der Waals surface area contributed by atoms with E-state index >= 15 is 0 Å². The lowest BCUT2D eigenvalue weighted by atomic mass is 10.1. The molecule has 0 aliphatic carbocycles. The van der Waals surface area contributed by atoms with Crippen LogP contribution in [0.15, 0.2) is 6.20 Å². The van der Waals surface area contributed by atoms with Crippen LogP contribution >= 0.6 is 0 Å². The van der Waals surface area contributed by atoms with Gasteiger partial charge in [0.15, 0.2) is 0 Å². The van der Waals surface area contributed by atoms with Crippen LogP contribution in [0.1, 0.15) is 51.1 Å². The predicted molar refractivity (Wildman–Crippen MR) is 60.2 cm³/mol. The molecule has 0 saturated heterocycles. The third-order valence-electron chi connectivity index (χ3n) is 2.62. The van der Waals surface area contributed by atoms with Gasteiger partial charge >= 0.3 is 0 Å². The molecule has 0 fully saturated rings. The Labute approximate surface area is 86.3 Å². The fourth-order valence-corrected chi connectivity index (χ4v) is 1.80. The number of anilines is 1. The maximum absolute atomic E-state index is 5.96. The molecule has 0 bridgehead atoms. The lowest BCUT2D eigenvalue weighted by molar-refractivity contribution is 0.396. The van der Waals surface area contributed by atoms with Gasteiger partial charge in [0.25, 0.3) is 0 Å². The summed E-state index contributed by atoms with van der Waals surface area (Å²) in [7, 11) is 0. The van der Waals surface area contributed by atoms with Gasteiger partial charge < -0.3 is 5.73 Å². The molecule has 3 nitrogen and oxygen atoms in total. The van der Waals surface area contributed by atoms with Gasteiger partial charge in [-0.25, -0.2) is 4.68 Å². The van der Waals surface area contributed by atoms with Gasteiger partial charge in [-0.3, -0.25) is 0 Å². The maximum atomic E-state index is 5.96. The largest absolute Gasteiger partial charge is 0.384 e. The van der Waals surface area contributed by atoms with Crippen LogP contribution in [0.5, 0.6) is 0 Å². The molecule has 0 aliphatic rings. The monoisotopic (exact) mass is 195 g/mol. The van der Waals surface area contributed by atoms with Crippen molar-refractivity contribution >= 4 is 5.82 Å². The zero-order valence-electron chi connectivity index (χ0n) is 9.45. The van der Waals surface area contributed by atoms with E-state index in [1.165, 1.54) is 25.7 Å². The molecule has 1 heterocycles. The zero-order chi connectivity index (χ0) is 10.6. The molecule has 1 rings (SSSR count). The Morgan fingerprint density at radius 3 is 2.29 bits per heavy atom. The van der Waals surface area contributed by atoms with E-state index in [1.54, 1.807) is 0 Å². The van der Waals surface area contributed by atoms with E-state index in [0.29, 0.717) is 6.04 Å². The maximum Gasteiger partial charge on any atom is 0.124 e. The van der Waals surface area contributed by atoms with Crippen LogP contribution in [0.2, 0.25) is 0 Å². The molecule has 14 heavy (non-hydrogen) atoms. The van der Waals surface area contributed by atoms with Crippen LogP contribution in [-0.4, -0.2) is 9.78 Å². The van der Waals surface area contributed by atoms with Crippen molar-refractivity contribution in [2.45, 2.75) is 52.5 Å². The molecular weight excluding hydrogens is 174 g/mol. The summed E-state index contributed by atoms with van der Waals surface area (Å²) in [6.45, 7) is 6.41. The molecule has 0 atom stereocenters. The minimum atomic E-state index is 0.485. The van der Waals surface area contributed by atoms with E-state index in [-0.39, 0.29) is 0 Å². The predicted octanol–water partition coefficient (Wildman–Crippen LogP) is 2.92. The van der Waals surface area contributed by atoms with Gasteiger partial charge in [-0.05, 0) is 19.8 Å². The van der Waals surface area contributed by atoms with Crippen LogP contribution in [0.25, 0.3) is 0 Å². The first kappa shape index (κ1) is 11.1. The third kappa shape index (κ3) is 2.28. The number of rotatable bonds is 5. The van der Waals surface area contributed by atoms with E-state index in [9.17, 15) is 0 Å². The first-order chi connectivity index (χ1) is 6.70. The van der Waals surface area contributed by atoms with Gasteiger partial charge in [0.2, 0.25) is 0 Å². The molecule has 0 radical (unpaired) electrons. The molecule has 2 N–H and O–H groups in total. The molecule has 0 aliphatic heterocycles. The average Bonchev–Trinajstić information content (AvgIpc) is 2.48. The number of nitrogen functional groups attached to an aromatic ring is 1. The standard InChI is InChI=1S/C11H21N3/c1-4-6-10(7-5-2)14-11(12)9(3)8-13-14/h8,10H,4-7,12H2,1-3H3. The lowest BCUT2D eigenvalue weighted by Crippen LogP contribution is -2.13. The van der Waals surface area contributed by atoms with Gasteiger partial charge in [-0.1, -0.05) is 26.7 Å². The van der Waals surface area contributed by atoms with Crippen molar-refractivity contribution in [2.75, 3.05) is 5.73 Å². The number of nitrogens with two attached hydrogens (primary N) is 1. The summed E-state index contributed by atoms with van der Waals surface area (Å²) in [4.78, 5) is 0. The van der Waals surface area contributed by atoms with Crippen molar-refractivity contribution < 1.29 is 0 Å². The highest BCUT2D eigenvalue weighted by Gasteiger charge is 2.13. The van der Waals surface area contributed by atoms with Gasteiger partial charge in [-0.15, -0.1) is 0 Å². The minimum absolute atomic E-state index is 0.485. The molecule has 1 aromatic rings. The number of hydrogen-bond donors (Lipinski definition) is 1. The summed E-state index contributed by atoms with van der Waals surface area (Å²) >= 11 is 0. The molecule has 80 valence electrons. The van der Waals surface area contributed by atoms with Crippen molar-refractivity contribution in [3.63, 3.8) is 0 Å². The molecule has 0 saturated carbocycles. The van der Waals surface area contributed by atoms with Gasteiger partial charge in [0.1, 0.15) is 5.82 Å². The highest BCUT2D eigenvalue weighted by molar-refractivity contribution is 5.37. The normalized spacial score (nSPS) is 11.1. The van der Waals surface area contributed by atoms with Crippen molar-refractivity contribution in [1.29, 1.82) is 0 Å². The Balaban J connectivity index is 2.81. The topological polar surface area (TPSA) is 43.8 Å². The fraction of sp³-hybridized carbons (Fsp3) is 0.727. The highest BCUT2D eigenvalue weighted by Crippen LogP contribution is 2.23. The SMILES string of the molecule is CCCC(CCC)n1ncc(C)c1N. The van der Waals surface area contributed by atoms with E-state index < -0.39 is 0 Å². The third-order valence-corrected chi connectivity index (χ3v) is 2.62. The summed E-state index contributed by atoms with van der Waals surface area (Å²) in [5, 5.41) is 4.34.